The molecule has 1 atom stereocenters. The third kappa shape index (κ3) is 5.61. The second-order valence-corrected chi connectivity index (χ2v) is 7.08. The number of rotatable bonds is 4. The van der Waals surface area contributed by atoms with Gasteiger partial charge in [-0.2, -0.15) is 13.2 Å². The molecular formula is C20H19ClF4N2O2. The molecule has 0 aliphatic carbocycles. The van der Waals surface area contributed by atoms with Gasteiger partial charge in [0.15, 0.2) is 0 Å². The number of carbonyl (C=O) groups is 1. The van der Waals surface area contributed by atoms with E-state index < -0.39 is 24.6 Å². The van der Waals surface area contributed by atoms with E-state index in [1.54, 1.807) is 18.2 Å². The quantitative estimate of drug-likeness (QED) is 0.576. The van der Waals surface area contributed by atoms with Crippen molar-refractivity contribution in [1.82, 2.24) is 0 Å². The summed E-state index contributed by atoms with van der Waals surface area (Å²) in [5.41, 5.74) is 0.714. The molecule has 3 rings (SSSR count). The Kier molecular flexibility index (Phi) is 6.64. The smallest absolute Gasteiger partial charge is 0.373 e. The van der Waals surface area contributed by atoms with Gasteiger partial charge in [0, 0.05) is 17.9 Å². The van der Waals surface area contributed by atoms with E-state index in [1.165, 1.54) is 12.1 Å². The number of benzene rings is 2. The molecule has 4 nitrogen and oxygen atoms in total. The molecule has 0 aromatic heterocycles. The highest BCUT2D eigenvalue weighted by molar-refractivity contribution is 6.31. The van der Waals surface area contributed by atoms with Gasteiger partial charge in [-0.05, 0) is 43.5 Å². The summed E-state index contributed by atoms with van der Waals surface area (Å²) in [5.74, 6) is -0.698. The maximum atomic E-state index is 13.3. The van der Waals surface area contributed by atoms with Gasteiger partial charge in [0.2, 0.25) is 0 Å². The van der Waals surface area contributed by atoms with E-state index in [1.807, 2.05) is 0 Å². The molecule has 1 fully saturated rings. The Bertz CT molecular complexity index is 870. The molecular weight excluding hydrogens is 412 g/mol. The Morgan fingerprint density at radius 1 is 1.21 bits per heavy atom. The molecule has 2 amide bonds. The highest BCUT2D eigenvalue weighted by Gasteiger charge is 2.35. The minimum Gasteiger partial charge on any atom is -0.373 e. The van der Waals surface area contributed by atoms with Crippen molar-refractivity contribution in [2.75, 3.05) is 23.4 Å². The molecule has 2 aromatic rings. The van der Waals surface area contributed by atoms with E-state index in [0.717, 1.165) is 25.0 Å². The normalized spacial score (nSPS) is 17.1. The lowest BCUT2D eigenvalue weighted by Crippen LogP contribution is -2.42. The van der Waals surface area contributed by atoms with Gasteiger partial charge in [0.1, 0.15) is 12.4 Å². The van der Waals surface area contributed by atoms with Crippen molar-refractivity contribution in [1.29, 1.82) is 0 Å². The standard InChI is InChI=1S/C20H19ClF4N2O2/c21-15-11-13(8-9-16(15)22)26-19(28)27(12-20(23,24)25)17-6-2-1-5-14(17)18-7-3-4-10-29-18/h1-2,5-6,8-9,11,18H,3-4,7,10,12H2,(H,26,28). The zero-order valence-electron chi connectivity index (χ0n) is 15.3. The second-order valence-electron chi connectivity index (χ2n) is 6.67. The van der Waals surface area contributed by atoms with Crippen LogP contribution >= 0.6 is 11.6 Å². The average Bonchev–Trinajstić information content (AvgIpc) is 2.69. The Hall–Kier alpha value is -2.32. The van der Waals surface area contributed by atoms with Crippen LogP contribution in [0.15, 0.2) is 42.5 Å². The summed E-state index contributed by atoms with van der Waals surface area (Å²) in [7, 11) is 0. The third-order valence-corrected chi connectivity index (χ3v) is 4.80. The summed E-state index contributed by atoms with van der Waals surface area (Å²) in [6.45, 7) is -0.976. The van der Waals surface area contributed by atoms with E-state index in [4.69, 9.17) is 16.3 Å². The molecule has 1 saturated heterocycles. The predicted molar refractivity (Wildman–Crippen MR) is 103 cm³/mol. The molecule has 0 bridgehead atoms. The largest absolute Gasteiger partial charge is 0.406 e. The molecule has 0 saturated carbocycles. The van der Waals surface area contributed by atoms with Crippen LogP contribution in [0.1, 0.15) is 30.9 Å². The van der Waals surface area contributed by atoms with Crippen LogP contribution in [0.2, 0.25) is 5.02 Å². The van der Waals surface area contributed by atoms with Crippen molar-refractivity contribution in [3.8, 4) is 0 Å². The van der Waals surface area contributed by atoms with Crippen LogP contribution in [0.3, 0.4) is 0 Å². The first-order chi connectivity index (χ1) is 13.7. The topological polar surface area (TPSA) is 41.6 Å². The van der Waals surface area contributed by atoms with Gasteiger partial charge >= 0.3 is 12.2 Å². The fourth-order valence-electron chi connectivity index (χ4n) is 3.20. The van der Waals surface area contributed by atoms with E-state index in [-0.39, 0.29) is 22.5 Å². The van der Waals surface area contributed by atoms with Crippen LogP contribution < -0.4 is 10.2 Å². The van der Waals surface area contributed by atoms with Crippen molar-refractivity contribution < 1.29 is 27.1 Å². The van der Waals surface area contributed by atoms with Crippen LogP contribution in [0.4, 0.5) is 33.7 Å². The third-order valence-electron chi connectivity index (χ3n) is 4.51. The zero-order valence-corrected chi connectivity index (χ0v) is 16.1. The Balaban J connectivity index is 1.93. The summed E-state index contributed by atoms with van der Waals surface area (Å²) < 4.78 is 58.8. The number of hydrogen-bond acceptors (Lipinski definition) is 2. The second kappa shape index (κ2) is 9.00. The molecule has 0 radical (unpaired) electrons. The molecule has 9 heteroatoms. The van der Waals surface area contributed by atoms with Crippen molar-refractivity contribution in [3.05, 3.63) is 58.9 Å². The monoisotopic (exact) mass is 430 g/mol. The minimum absolute atomic E-state index is 0.0833. The molecule has 1 aliphatic heterocycles. The van der Waals surface area contributed by atoms with Crippen LogP contribution in [0.25, 0.3) is 0 Å². The summed E-state index contributed by atoms with van der Waals surface area (Å²) >= 11 is 5.69. The number of halogens is 5. The lowest BCUT2D eigenvalue weighted by atomic mass is 9.99. The van der Waals surface area contributed by atoms with Crippen LogP contribution in [-0.4, -0.2) is 25.4 Å². The lowest BCUT2D eigenvalue weighted by molar-refractivity contribution is -0.118. The van der Waals surface area contributed by atoms with Gasteiger partial charge in [0.25, 0.3) is 0 Å². The number of amides is 2. The van der Waals surface area contributed by atoms with E-state index in [9.17, 15) is 22.4 Å². The Morgan fingerprint density at radius 2 is 1.97 bits per heavy atom. The summed E-state index contributed by atoms with van der Waals surface area (Å²) in [4.78, 5) is 13.4. The van der Waals surface area contributed by atoms with Crippen molar-refractivity contribution in [3.63, 3.8) is 0 Å². The molecule has 2 aromatic carbocycles. The minimum atomic E-state index is -4.63. The SMILES string of the molecule is O=C(Nc1ccc(F)c(Cl)c1)N(CC(F)(F)F)c1ccccc1C1CCCCO1. The molecule has 29 heavy (non-hydrogen) atoms. The van der Waals surface area contributed by atoms with E-state index in [2.05, 4.69) is 5.32 Å². The Morgan fingerprint density at radius 3 is 2.62 bits per heavy atom. The number of anilines is 2. The number of ether oxygens (including phenoxy) is 1. The summed E-state index contributed by atoms with van der Waals surface area (Å²) in [5, 5.41) is 2.11. The van der Waals surface area contributed by atoms with E-state index in [0.29, 0.717) is 23.5 Å². The first-order valence-electron chi connectivity index (χ1n) is 9.05. The van der Waals surface area contributed by atoms with Gasteiger partial charge in [-0.15, -0.1) is 0 Å². The lowest BCUT2D eigenvalue weighted by Gasteiger charge is -2.30. The van der Waals surface area contributed by atoms with Gasteiger partial charge in [-0.3, -0.25) is 4.90 Å². The van der Waals surface area contributed by atoms with Gasteiger partial charge in [-0.25, -0.2) is 9.18 Å². The molecule has 1 unspecified atom stereocenters. The fourth-order valence-corrected chi connectivity index (χ4v) is 3.38. The van der Waals surface area contributed by atoms with Crippen molar-refractivity contribution in [2.24, 2.45) is 0 Å². The van der Waals surface area contributed by atoms with Crippen LogP contribution in [0.5, 0.6) is 0 Å². The predicted octanol–water partition coefficient (Wildman–Crippen LogP) is 6.32. The van der Waals surface area contributed by atoms with Crippen LogP contribution in [0, 0.1) is 5.82 Å². The maximum Gasteiger partial charge on any atom is 0.406 e. The number of hydrogen-bond donors (Lipinski definition) is 1. The number of para-hydroxylation sites is 1. The zero-order chi connectivity index (χ0) is 21.0. The average molecular weight is 431 g/mol. The molecule has 156 valence electrons. The van der Waals surface area contributed by atoms with E-state index >= 15 is 0 Å². The highest BCUT2D eigenvalue weighted by atomic mass is 35.5. The highest BCUT2D eigenvalue weighted by Crippen LogP contribution is 2.36. The number of carbonyl (C=O) groups excluding carboxylic acids is 1. The van der Waals surface area contributed by atoms with Crippen LogP contribution in [-0.2, 0) is 4.74 Å². The van der Waals surface area contributed by atoms with Gasteiger partial charge in [-0.1, -0.05) is 29.8 Å². The first-order valence-corrected chi connectivity index (χ1v) is 9.43. The number of alkyl halides is 3. The molecule has 1 N–H and O–H groups in total. The first kappa shape index (κ1) is 21.4. The fraction of sp³-hybridized carbons (Fsp3) is 0.350. The van der Waals surface area contributed by atoms with Crippen molar-refractivity contribution >= 4 is 29.0 Å². The van der Waals surface area contributed by atoms with Gasteiger partial charge in [0.05, 0.1) is 16.8 Å². The maximum absolute atomic E-state index is 13.3. The number of nitrogens with one attached hydrogen (secondary N) is 1. The molecule has 0 spiro atoms. The molecule has 1 aliphatic rings. The Labute approximate surface area is 170 Å². The number of nitrogens with zero attached hydrogens (tertiary/aromatic N) is 1. The van der Waals surface area contributed by atoms with Gasteiger partial charge < -0.3 is 10.1 Å². The summed E-state index contributed by atoms with van der Waals surface area (Å²) in [6, 6.07) is 8.75. The van der Waals surface area contributed by atoms with Crippen molar-refractivity contribution in [2.45, 2.75) is 31.5 Å². The summed E-state index contributed by atoms with van der Waals surface area (Å²) in [6.07, 6.45) is -2.58. The molecule has 1 heterocycles. The number of urea groups is 1.